The number of carbonyl (C=O) groups is 1. The lowest BCUT2D eigenvalue weighted by Gasteiger charge is -2.34. The van der Waals surface area contributed by atoms with Gasteiger partial charge in [-0.25, -0.2) is 14.4 Å². The monoisotopic (exact) mass is 474 g/mol. The molecule has 2 aromatic heterocycles. The number of nitro benzene ring substituents is 1. The summed E-state index contributed by atoms with van der Waals surface area (Å²) in [4.78, 5) is 35.4. The van der Waals surface area contributed by atoms with Crippen LogP contribution in [0.2, 0.25) is 0 Å². The van der Waals surface area contributed by atoms with Gasteiger partial charge in [-0.15, -0.1) is 5.10 Å². The van der Waals surface area contributed by atoms with Gasteiger partial charge in [0.2, 0.25) is 5.91 Å². The van der Waals surface area contributed by atoms with Crippen LogP contribution in [0.1, 0.15) is 5.56 Å². The first-order valence-corrected chi connectivity index (χ1v) is 10.8. The highest BCUT2D eigenvalue weighted by Crippen LogP contribution is 2.24. The summed E-state index contributed by atoms with van der Waals surface area (Å²) in [7, 11) is 0. The molecule has 0 unspecified atom stereocenters. The molecule has 1 fully saturated rings. The molecule has 0 N–H and O–H groups in total. The van der Waals surface area contributed by atoms with Crippen molar-refractivity contribution in [3.8, 4) is 5.69 Å². The summed E-state index contributed by atoms with van der Waals surface area (Å²) in [6, 6.07) is 11.9. The van der Waals surface area contributed by atoms with Gasteiger partial charge in [0.25, 0.3) is 5.69 Å². The van der Waals surface area contributed by atoms with Crippen molar-refractivity contribution in [3.63, 3.8) is 0 Å². The second-order valence-corrected chi connectivity index (χ2v) is 7.84. The van der Waals surface area contributed by atoms with Gasteiger partial charge in [0.1, 0.15) is 12.1 Å². The zero-order valence-electron chi connectivity index (χ0n) is 18.4. The van der Waals surface area contributed by atoms with E-state index in [1.807, 2.05) is 4.90 Å². The van der Waals surface area contributed by atoms with Gasteiger partial charge < -0.3 is 9.80 Å². The molecule has 1 aliphatic rings. The summed E-state index contributed by atoms with van der Waals surface area (Å²) in [6.45, 7) is 2.07. The maximum atomic E-state index is 13.3. The number of non-ortho nitro benzene ring substituents is 1. The number of fused-ring (bicyclic) bond motifs is 1. The van der Waals surface area contributed by atoms with Gasteiger partial charge in [-0.3, -0.25) is 14.9 Å². The van der Waals surface area contributed by atoms with Crippen molar-refractivity contribution in [3.05, 3.63) is 82.4 Å². The van der Waals surface area contributed by atoms with E-state index in [0.717, 1.165) is 0 Å². The Bertz CT molecular complexity index is 1410. The number of anilines is 1. The summed E-state index contributed by atoms with van der Waals surface area (Å²) in [5.74, 6) is 0.137. The van der Waals surface area contributed by atoms with Gasteiger partial charge >= 0.3 is 0 Å². The highest BCUT2D eigenvalue weighted by Gasteiger charge is 2.24. The molecular weight excluding hydrogens is 455 g/mol. The van der Waals surface area contributed by atoms with E-state index in [0.29, 0.717) is 54.4 Å². The zero-order valence-corrected chi connectivity index (χ0v) is 18.4. The Labute approximate surface area is 198 Å². The highest BCUT2D eigenvalue weighted by atomic mass is 19.1. The van der Waals surface area contributed by atoms with E-state index in [1.54, 1.807) is 35.2 Å². The largest absolute Gasteiger partial charge is 0.351 e. The molecule has 0 bridgehead atoms. The molecule has 1 amide bonds. The number of halogens is 1. The molecule has 0 spiro atoms. The number of aromatic nitrogens is 5. The fourth-order valence-corrected chi connectivity index (χ4v) is 3.84. The average Bonchev–Trinajstić information content (AvgIpc) is 3.32. The Morgan fingerprint density at radius 2 is 1.71 bits per heavy atom. The predicted molar refractivity (Wildman–Crippen MR) is 125 cm³/mol. The quantitative estimate of drug-likeness (QED) is 0.246. The second-order valence-electron chi connectivity index (χ2n) is 7.84. The van der Waals surface area contributed by atoms with E-state index in [2.05, 4.69) is 20.3 Å². The molecule has 12 heteroatoms. The van der Waals surface area contributed by atoms with Crippen LogP contribution in [-0.2, 0) is 4.79 Å². The fourth-order valence-electron chi connectivity index (χ4n) is 3.84. The number of rotatable bonds is 5. The summed E-state index contributed by atoms with van der Waals surface area (Å²) in [5.41, 5.74) is 2.37. The van der Waals surface area contributed by atoms with Crippen molar-refractivity contribution in [2.75, 3.05) is 31.1 Å². The van der Waals surface area contributed by atoms with Crippen molar-refractivity contribution < 1.29 is 14.1 Å². The number of hydrogen-bond donors (Lipinski definition) is 0. The van der Waals surface area contributed by atoms with Gasteiger partial charge in [-0.2, -0.15) is 4.68 Å². The minimum absolute atomic E-state index is 0.00104. The molecule has 0 saturated carbocycles. The lowest BCUT2D eigenvalue weighted by Crippen LogP contribution is -2.48. The number of amides is 1. The van der Waals surface area contributed by atoms with Crippen LogP contribution in [0.15, 0.2) is 60.9 Å². The number of carbonyl (C=O) groups excluding carboxylic acids is 1. The Morgan fingerprint density at radius 1 is 1.00 bits per heavy atom. The Morgan fingerprint density at radius 3 is 2.40 bits per heavy atom. The van der Waals surface area contributed by atoms with E-state index < -0.39 is 4.92 Å². The smallest absolute Gasteiger partial charge is 0.269 e. The third kappa shape index (κ3) is 4.53. The number of hydrogen-bond acceptors (Lipinski definition) is 8. The first-order chi connectivity index (χ1) is 17.0. The van der Waals surface area contributed by atoms with Crippen molar-refractivity contribution in [2.24, 2.45) is 0 Å². The summed E-state index contributed by atoms with van der Waals surface area (Å²) in [5, 5.41) is 19.2. The topological polar surface area (TPSA) is 123 Å². The maximum absolute atomic E-state index is 13.3. The minimum Gasteiger partial charge on any atom is -0.351 e. The van der Waals surface area contributed by atoms with Crippen LogP contribution >= 0.6 is 0 Å². The maximum Gasteiger partial charge on any atom is 0.269 e. The molecule has 5 rings (SSSR count). The molecule has 2 aromatic carbocycles. The SMILES string of the molecule is O=C(C=Cc1ccc([N+](=O)[O-])cc1)N1CCN(c2ncnc3c2nnn3-c2ccc(F)cc2)CC1. The third-order valence-corrected chi connectivity index (χ3v) is 5.70. The highest BCUT2D eigenvalue weighted by molar-refractivity contribution is 5.92. The van der Waals surface area contributed by atoms with Crippen LogP contribution in [0.4, 0.5) is 15.9 Å². The van der Waals surface area contributed by atoms with E-state index >= 15 is 0 Å². The van der Waals surface area contributed by atoms with Gasteiger partial charge in [-0.1, -0.05) is 5.21 Å². The summed E-state index contributed by atoms with van der Waals surface area (Å²) in [6.07, 6.45) is 4.54. The molecule has 11 nitrogen and oxygen atoms in total. The molecule has 0 aliphatic carbocycles. The molecular formula is C23H19FN8O3. The number of nitrogens with zero attached hydrogens (tertiary/aromatic N) is 8. The number of piperazine rings is 1. The van der Waals surface area contributed by atoms with E-state index in [4.69, 9.17) is 0 Å². The van der Waals surface area contributed by atoms with Crippen molar-refractivity contribution in [1.29, 1.82) is 0 Å². The molecule has 0 atom stereocenters. The summed E-state index contributed by atoms with van der Waals surface area (Å²) >= 11 is 0. The van der Waals surface area contributed by atoms with Gasteiger partial charge in [0.15, 0.2) is 17.0 Å². The van der Waals surface area contributed by atoms with Crippen LogP contribution < -0.4 is 4.90 Å². The van der Waals surface area contributed by atoms with Crippen LogP contribution in [0.25, 0.3) is 22.9 Å². The first kappa shape index (κ1) is 22.1. The van der Waals surface area contributed by atoms with Crippen molar-refractivity contribution >= 4 is 34.7 Å². The lowest BCUT2D eigenvalue weighted by atomic mass is 10.2. The molecule has 1 aliphatic heterocycles. The average molecular weight is 474 g/mol. The van der Waals surface area contributed by atoms with Gasteiger partial charge in [0, 0.05) is 44.4 Å². The van der Waals surface area contributed by atoms with Crippen LogP contribution in [-0.4, -0.2) is 66.9 Å². The minimum atomic E-state index is -0.465. The molecule has 0 radical (unpaired) electrons. The number of benzene rings is 2. The molecule has 176 valence electrons. The van der Waals surface area contributed by atoms with Crippen molar-refractivity contribution in [1.82, 2.24) is 29.9 Å². The first-order valence-electron chi connectivity index (χ1n) is 10.8. The second kappa shape index (κ2) is 9.25. The molecule has 4 aromatic rings. The van der Waals surface area contributed by atoms with Crippen LogP contribution in [0.5, 0.6) is 0 Å². The molecule has 3 heterocycles. The van der Waals surface area contributed by atoms with E-state index in [1.165, 1.54) is 41.4 Å². The lowest BCUT2D eigenvalue weighted by molar-refractivity contribution is -0.384. The van der Waals surface area contributed by atoms with Gasteiger partial charge in [0.05, 0.1) is 10.6 Å². The standard InChI is InChI=1S/C23H19FN8O3/c24-17-4-8-18(9-5-17)31-23-21(27-28-31)22(25-15-26-23)30-13-11-29(12-14-30)20(33)10-3-16-1-6-19(7-2-16)32(34)35/h1-10,15H,11-14H2. The Hall–Kier alpha value is -4.74. The Balaban J connectivity index is 1.26. The van der Waals surface area contributed by atoms with E-state index in [-0.39, 0.29) is 17.4 Å². The molecule has 35 heavy (non-hydrogen) atoms. The van der Waals surface area contributed by atoms with E-state index in [9.17, 15) is 19.3 Å². The summed E-state index contributed by atoms with van der Waals surface area (Å²) < 4.78 is 14.8. The fraction of sp³-hybridized carbons (Fsp3) is 0.174. The molecule has 1 saturated heterocycles. The number of nitro groups is 1. The van der Waals surface area contributed by atoms with Crippen LogP contribution in [0.3, 0.4) is 0 Å². The third-order valence-electron chi connectivity index (χ3n) is 5.70. The Kier molecular flexibility index (Phi) is 5.83. The van der Waals surface area contributed by atoms with Crippen LogP contribution in [0, 0.1) is 15.9 Å². The zero-order chi connectivity index (χ0) is 24.4. The normalized spacial score (nSPS) is 14.1. The van der Waals surface area contributed by atoms with Gasteiger partial charge in [-0.05, 0) is 48.0 Å². The predicted octanol–water partition coefficient (Wildman–Crippen LogP) is 2.62. The van der Waals surface area contributed by atoms with Crippen molar-refractivity contribution in [2.45, 2.75) is 0 Å².